The smallest absolute Gasteiger partial charge is 0.277 e. The Morgan fingerprint density at radius 2 is 1.57 bits per heavy atom. The molecule has 2 aromatic carbocycles. The highest BCUT2D eigenvalue weighted by Crippen LogP contribution is 2.19. The van der Waals surface area contributed by atoms with Gasteiger partial charge in [-0.15, -0.1) is 0 Å². The standard InChI is InChI=1S/C21H13F2N5O2/c22-15-5-1-13(2-6-15)17-11-18-21(29)27(9-10-28(18)25-17)12-19-24-20(26-30-19)14-3-7-16(23)8-4-14/h1-11H,12H2. The molecule has 0 saturated carbocycles. The molecule has 0 atom stereocenters. The molecule has 0 unspecified atom stereocenters. The molecule has 0 aliphatic heterocycles. The van der Waals surface area contributed by atoms with Gasteiger partial charge in [-0.2, -0.15) is 10.1 Å². The van der Waals surface area contributed by atoms with Crippen LogP contribution in [0.1, 0.15) is 5.89 Å². The Balaban J connectivity index is 1.45. The maximum Gasteiger partial charge on any atom is 0.277 e. The molecule has 0 saturated heterocycles. The second-order valence-electron chi connectivity index (χ2n) is 6.62. The van der Waals surface area contributed by atoms with Crippen LogP contribution in [0.3, 0.4) is 0 Å². The Hall–Kier alpha value is -4.14. The molecule has 0 aliphatic carbocycles. The highest BCUT2D eigenvalue weighted by Gasteiger charge is 2.13. The number of fused-ring (bicyclic) bond motifs is 1. The molecule has 5 aromatic rings. The van der Waals surface area contributed by atoms with Crippen molar-refractivity contribution < 1.29 is 13.3 Å². The van der Waals surface area contributed by atoms with Crippen LogP contribution in [-0.4, -0.2) is 24.3 Å². The number of nitrogens with zero attached hydrogens (tertiary/aromatic N) is 5. The fourth-order valence-electron chi connectivity index (χ4n) is 3.09. The van der Waals surface area contributed by atoms with Crippen molar-refractivity contribution in [2.24, 2.45) is 0 Å². The summed E-state index contributed by atoms with van der Waals surface area (Å²) >= 11 is 0. The fraction of sp³-hybridized carbons (Fsp3) is 0.0476. The highest BCUT2D eigenvalue weighted by molar-refractivity contribution is 5.65. The first-order chi connectivity index (χ1) is 14.6. The van der Waals surface area contributed by atoms with E-state index in [0.29, 0.717) is 28.2 Å². The van der Waals surface area contributed by atoms with Crippen LogP contribution in [0.15, 0.2) is 76.3 Å². The third-order valence-electron chi connectivity index (χ3n) is 4.62. The van der Waals surface area contributed by atoms with Gasteiger partial charge in [0.15, 0.2) is 0 Å². The van der Waals surface area contributed by atoms with Crippen LogP contribution < -0.4 is 5.56 Å². The molecule has 0 spiro atoms. The quantitative estimate of drug-likeness (QED) is 0.457. The van der Waals surface area contributed by atoms with Crippen molar-refractivity contribution in [3.8, 4) is 22.6 Å². The lowest BCUT2D eigenvalue weighted by molar-refractivity contribution is 0.370. The topological polar surface area (TPSA) is 78.2 Å². The minimum Gasteiger partial charge on any atom is -0.337 e. The van der Waals surface area contributed by atoms with E-state index in [0.717, 1.165) is 0 Å². The minimum atomic E-state index is -0.358. The first-order valence-corrected chi connectivity index (χ1v) is 9.00. The minimum absolute atomic E-state index is 0.0700. The summed E-state index contributed by atoms with van der Waals surface area (Å²) in [5.41, 5.74) is 1.93. The summed E-state index contributed by atoms with van der Waals surface area (Å²) in [6.45, 7) is 0.0700. The van der Waals surface area contributed by atoms with E-state index in [2.05, 4.69) is 15.2 Å². The molecule has 30 heavy (non-hydrogen) atoms. The number of hydrogen-bond acceptors (Lipinski definition) is 5. The van der Waals surface area contributed by atoms with Crippen molar-refractivity contribution in [3.05, 3.63) is 94.9 Å². The summed E-state index contributed by atoms with van der Waals surface area (Å²) in [6, 6.07) is 13.2. The normalized spacial score (nSPS) is 11.3. The summed E-state index contributed by atoms with van der Waals surface area (Å²) in [5.74, 6) is -0.159. The van der Waals surface area contributed by atoms with E-state index in [1.807, 2.05) is 0 Å². The molecule has 9 heteroatoms. The second-order valence-corrected chi connectivity index (χ2v) is 6.62. The Morgan fingerprint density at radius 1 is 0.900 bits per heavy atom. The number of halogens is 2. The summed E-state index contributed by atoms with van der Waals surface area (Å²) in [7, 11) is 0. The van der Waals surface area contributed by atoms with E-state index < -0.39 is 0 Å². The molecule has 0 fully saturated rings. The molecular formula is C21H13F2N5O2. The Labute approximate surface area is 167 Å². The van der Waals surface area contributed by atoms with Crippen LogP contribution in [0.2, 0.25) is 0 Å². The van der Waals surface area contributed by atoms with Crippen molar-refractivity contribution in [2.45, 2.75) is 6.54 Å². The predicted molar refractivity (Wildman–Crippen MR) is 104 cm³/mol. The van der Waals surface area contributed by atoms with Crippen LogP contribution in [-0.2, 0) is 6.54 Å². The van der Waals surface area contributed by atoms with E-state index in [1.54, 1.807) is 42.7 Å². The van der Waals surface area contributed by atoms with Gasteiger partial charge in [0.1, 0.15) is 23.7 Å². The lowest BCUT2D eigenvalue weighted by Crippen LogP contribution is -2.21. The summed E-state index contributed by atoms with van der Waals surface area (Å²) in [4.78, 5) is 17.1. The Morgan fingerprint density at radius 3 is 2.27 bits per heavy atom. The third kappa shape index (κ3) is 3.26. The van der Waals surface area contributed by atoms with Gasteiger partial charge in [0.25, 0.3) is 5.56 Å². The van der Waals surface area contributed by atoms with E-state index in [1.165, 1.54) is 33.3 Å². The summed E-state index contributed by atoms with van der Waals surface area (Å²) in [6.07, 6.45) is 3.21. The molecular weight excluding hydrogens is 392 g/mol. The van der Waals surface area contributed by atoms with Crippen LogP contribution in [0, 0.1) is 11.6 Å². The summed E-state index contributed by atoms with van der Waals surface area (Å²) in [5, 5.41) is 8.25. The largest absolute Gasteiger partial charge is 0.337 e. The summed E-state index contributed by atoms with van der Waals surface area (Å²) < 4.78 is 34.3. The number of benzene rings is 2. The first kappa shape index (κ1) is 17.9. The molecule has 0 radical (unpaired) electrons. The zero-order chi connectivity index (χ0) is 20.7. The predicted octanol–water partition coefficient (Wildman–Crippen LogP) is 3.54. The van der Waals surface area contributed by atoms with Gasteiger partial charge in [-0.05, 0) is 54.6 Å². The van der Waals surface area contributed by atoms with Gasteiger partial charge >= 0.3 is 0 Å². The van der Waals surface area contributed by atoms with Crippen LogP contribution >= 0.6 is 0 Å². The van der Waals surface area contributed by atoms with Crippen LogP contribution in [0.4, 0.5) is 8.78 Å². The van der Waals surface area contributed by atoms with E-state index in [9.17, 15) is 13.6 Å². The molecule has 148 valence electrons. The van der Waals surface area contributed by atoms with Gasteiger partial charge in [0.05, 0.1) is 5.69 Å². The average molecular weight is 405 g/mol. The van der Waals surface area contributed by atoms with Crippen molar-refractivity contribution in [1.82, 2.24) is 24.3 Å². The lowest BCUT2D eigenvalue weighted by atomic mass is 10.1. The van der Waals surface area contributed by atoms with Gasteiger partial charge in [0.2, 0.25) is 11.7 Å². The van der Waals surface area contributed by atoms with Gasteiger partial charge in [-0.1, -0.05) is 5.16 Å². The van der Waals surface area contributed by atoms with Gasteiger partial charge < -0.3 is 9.09 Å². The van der Waals surface area contributed by atoms with Crippen molar-refractivity contribution in [2.75, 3.05) is 0 Å². The molecule has 0 N–H and O–H groups in total. The molecule has 0 aliphatic rings. The zero-order valence-corrected chi connectivity index (χ0v) is 15.4. The monoisotopic (exact) mass is 405 g/mol. The van der Waals surface area contributed by atoms with Gasteiger partial charge in [-0.25, -0.2) is 13.3 Å². The van der Waals surface area contributed by atoms with Crippen molar-refractivity contribution >= 4 is 5.52 Å². The number of rotatable bonds is 4. The molecule has 0 bridgehead atoms. The highest BCUT2D eigenvalue weighted by atomic mass is 19.1. The van der Waals surface area contributed by atoms with Crippen molar-refractivity contribution in [1.29, 1.82) is 0 Å². The fourth-order valence-corrected chi connectivity index (χ4v) is 3.09. The molecule has 5 rings (SSSR count). The van der Waals surface area contributed by atoms with E-state index in [-0.39, 0.29) is 29.6 Å². The van der Waals surface area contributed by atoms with E-state index in [4.69, 9.17) is 4.52 Å². The maximum atomic E-state index is 13.1. The van der Waals surface area contributed by atoms with Gasteiger partial charge in [0, 0.05) is 23.5 Å². The Kier molecular flexibility index (Phi) is 4.20. The van der Waals surface area contributed by atoms with Crippen LogP contribution in [0.5, 0.6) is 0 Å². The Bertz CT molecular complexity index is 1400. The molecule has 3 heterocycles. The molecule has 7 nitrogen and oxygen atoms in total. The lowest BCUT2D eigenvalue weighted by Gasteiger charge is -2.01. The second kappa shape index (κ2) is 7.03. The molecule has 0 amide bonds. The maximum absolute atomic E-state index is 13.1. The van der Waals surface area contributed by atoms with E-state index >= 15 is 0 Å². The third-order valence-corrected chi connectivity index (χ3v) is 4.62. The zero-order valence-electron chi connectivity index (χ0n) is 15.4. The SMILES string of the molecule is O=c1c2cc(-c3ccc(F)cc3)nn2ccn1Cc1nc(-c2ccc(F)cc2)no1. The first-order valence-electron chi connectivity index (χ1n) is 9.00. The van der Waals surface area contributed by atoms with Crippen LogP contribution in [0.25, 0.3) is 28.2 Å². The number of hydrogen-bond donors (Lipinski definition) is 0. The van der Waals surface area contributed by atoms with Gasteiger partial charge in [-0.3, -0.25) is 4.79 Å². The number of aromatic nitrogens is 5. The average Bonchev–Trinajstić information content (AvgIpc) is 3.39. The molecule has 3 aromatic heterocycles. The van der Waals surface area contributed by atoms with Crippen molar-refractivity contribution in [3.63, 3.8) is 0 Å².